The summed E-state index contributed by atoms with van der Waals surface area (Å²) >= 11 is 0. The number of aliphatic hydroxyl groups is 1. The molecule has 4 rings (SSSR count). The van der Waals surface area contributed by atoms with Gasteiger partial charge in [-0.15, -0.1) is 0 Å². The number of benzene rings is 2. The SMILES string of the molecule is COc1ccc(/C(O)=C2\C(=O)C(=O)N(CCN3CCOCC3)[C@@H]2c2cccc(OC)c2OC)cc1. The highest BCUT2D eigenvalue weighted by molar-refractivity contribution is 6.46. The fraction of sp³-hybridized carbons (Fsp3) is 0.385. The Morgan fingerprint density at radius 2 is 1.69 bits per heavy atom. The van der Waals surface area contributed by atoms with E-state index in [0.717, 1.165) is 13.1 Å². The summed E-state index contributed by atoms with van der Waals surface area (Å²) in [5.74, 6) is -0.182. The van der Waals surface area contributed by atoms with Crippen molar-refractivity contribution < 1.29 is 33.6 Å². The second kappa shape index (κ2) is 10.8. The molecule has 2 aliphatic rings. The smallest absolute Gasteiger partial charge is 0.295 e. The number of likely N-dealkylation sites (tertiary alicyclic amines) is 1. The van der Waals surface area contributed by atoms with Crippen molar-refractivity contribution in [3.8, 4) is 17.2 Å². The number of hydrogen-bond acceptors (Lipinski definition) is 8. The van der Waals surface area contributed by atoms with Crippen molar-refractivity contribution in [3.63, 3.8) is 0 Å². The number of para-hydroxylation sites is 1. The standard InChI is InChI=1S/C26H30N2O7/c1-32-18-9-7-17(8-10-18)23(29)21-22(19-5-4-6-20(33-2)25(19)34-3)28(26(31)24(21)30)12-11-27-13-15-35-16-14-27/h4-10,22,29H,11-16H2,1-3H3/b23-21+/t22-/m1/s1. The number of aliphatic hydroxyl groups excluding tert-OH is 1. The van der Waals surface area contributed by atoms with Crippen LogP contribution in [0.25, 0.3) is 5.76 Å². The normalized spacial score (nSPS) is 20.2. The van der Waals surface area contributed by atoms with E-state index in [1.807, 2.05) is 0 Å². The van der Waals surface area contributed by atoms with E-state index in [-0.39, 0.29) is 11.3 Å². The minimum Gasteiger partial charge on any atom is -0.507 e. The van der Waals surface area contributed by atoms with Gasteiger partial charge in [-0.2, -0.15) is 0 Å². The second-order valence-electron chi connectivity index (χ2n) is 8.26. The lowest BCUT2D eigenvalue weighted by Crippen LogP contribution is -2.42. The van der Waals surface area contributed by atoms with Crippen molar-refractivity contribution in [1.29, 1.82) is 0 Å². The van der Waals surface area contributed by atoms with E-state index in [0.29, 0.717) is 54.7 Å². The van der Waals surface area contributed by atoms with Gasteiger partial charge in [0.1, 0.15) is 11.5 Å². The summed E-state index contributed by atoms with van der Waals surface area (Å²) in [5.41, 5.74) is 0.973. The zero-order valence-corrected chi connectivity index (χ0v) is 20.2. The maximum atomic E-state index is 13.3. The molecule has 0 spiro atoms. The molecule has 0 aromatic heterocycles. The van der Waals surface area contributed by atoms with Gasteiger partial charge in [-0.05, 0) is 30.3 Å². The number of amides is 1. The molecule has 9 nitrogen and oxygen atoms in total. The van der Waals surface area contributed by atoms with Crippen molar-refractivity contribution in [3.05, 3.63) is 59.2 Å². The maximum Gasteiger partial charge on any atom is 0.295 e. The molecule has 0 aliphatic carbocycles. The van der Waals surface area contributed by atoms with Gasteiger partial charge in [0.2, 0.25) is 0 Å². The molecule has 2 saturated heterocycles. The van der Waals surface area contributed by atoms with Crippen LogP contribution in [0.15, 0.2) is 48.0 Å². The summed E-state index contributed by atoms with van der Waals surface area (Å²) in [5, 5.41) is 11.3. The van der Waals surface area contributed by atoms with Crippen molar-refractivity contribution in [1.82, 2.24) is 9.80 Å². The van der Waals surface area contributed by atoms with Gasteiger partial charge in [0, 0.05) is 37.3 Å². The van der Waals surface area contributed by atoms with E-state index < -0.39 is 17.7 Å². The van der Waals surface area contributed by atoms with Gasteiger partial charge >= 0.3 is 0 Å². The lowest BCUT2D eigenvalue weighted by Gasteiger charge is -2.31. The van der Waals surface area contributed by atoms with Gasteiger partial charge in [-0.25, -0.2) is 0 Å². The van der Waals surface area contributed by atoms with Crippen molar-refractivity contribution in [2.45, 2.75) is 6.04 Å². The zero-order chi connectivity index (χ0) is 24.9. The predicted octanol–water partition coefficient (Wildman–Crippen LogP) is 2.47. The van der Waals surface area contributed by atoms with Crippen LogP contribution in [0.4, 0.5) is 0 Å². The molecule has 1 N–H and O–H groups in total. The van der Waals surface area contributed by atoms with Crippen LogP contribution in [0.3, 0.4) is 0 Å². The predicted molar refractivity (Wildman–Crippen MR) is 129 cm³/mol. The van der Waals surface area contributed by atoms with E-state index >= 15 is 0 Å². The molecule has 2 aliphatic heterocycles. The molecule has 0 radical (unpaired) electrons. The number of methoxy groups -OCH3 is 3. The first-order valence-electron chi connectivity index (χ1n) is 11.4. The monoisotopic (exact) mass is 482 g/mol. The Bertz CT molecular complexity index is 1110. The molecule has 9 heteroatoms. The minimum atomic E-state index is -0.844. The molecule has 2 aromatic carbocycles. The molecule has 2 aromatic rings. The fourth-order valence-electron chi connectivity index (χ4n) is 4.54. The average Bonchev–Trinajstić information content (AvgIpc) is 3.16. The Labute approximate surface area is 204 Å². The summed E-state index contributed by atoms with van der Waals surface area (Å²) in [7, 11) is 4.57. The van der Waals surface area contributed by atoms with Crippen molar-refractivity contribution >= 4 is 17.4 Å². The topological polar surface area (TPSA) is 97.8 Å². The number of carbonyl (C=O) groups is 2. The van der Waals surface area contributed by atoms with Gasteiger partial charge in [0.25, 0.3) is 11.7 Å². The first-order chi connectivity index (χ1) is 17.0. The van der Waals surface area contributed by atoms with Crippen LogP contribution < -0.4 is 14.2 Å². The number of nitrogens with zero attached hydrogens (tertiary/aromatic N) is 2. The third-order valence-corrected chi connectivity index (χ3v) is 6.39. The third kappa shape index (κ3) is 4.82. The quantitative estimate of drug-likeness (QED) is 0.348. The summed E-state index contributed by atoms with van der Waals surface area (Å²) < 4.78 is 21.7. The molecule has 35 heavy (non-hydrogen) atoms. The Morgan fingerprint density at radius 3 is 2.31 bits per heavy atom. The largest absolute Gasteiger partial charge is 0.507 e. The Morgan fingerprint density at radius 1 is 0.971 bits per heavy atom. The highest BCUT2D eigenvalue weighted by atomic mass is 16.5. The van der Waals surface area contributed by atoms with E-state index in [1.54, 1.807) is 49.6 Å². The molecular weight excluding hydrogens is 452 g/mol. The molecule has 186 valence electrons. The summed E-state index contributed by atoms with van der Waals surface area (Å²) in [4.78, 5) is 30.3. The number of hydrogen-bond donors (Lipinski definition) is 1. The number of morpholine rings is 1. The second-order valence-corrected chi connectivity index (χ2v) is 8.26. The minimum absolute atomic E-state index is 0.00805. The first kappa shape index (κ1) is 24.6. The van der Waals surface area contributed by atoms with Crippen LogP contribution in [-0.2, 0) is 14.3 Å². The van der Waals surface area contributed by atoms with E-state index in [1.165, 1.54) is 19.1 Å². The summed E-state index contributed by atoms with van der Waals surface area (Å²) in [6, 6.07) is 11.1. The number of ketones is 1. The van der Waals surface area contributed by atoms with Crippen LogP contribution in [0.1, 0.15) is 17.2 Å². The number of carbonyl (C=O) groups excluding carboxylic acids is 2. The Kier molecular flexibility index (Phi) is 7.57. The molecular formula is C26H30N2O7. The van der Waals surface area contributed by atoms with Gasteiger partial charge in [0.15, 0.2) is 11.5 Å². The molecule has 0 bridgehead atoms. The summed E-state index contributed by atoms with van der Waals surface area (Å²) in [6.07, 6.45) is 0. The van der Waals surface area contributed by atoms with Crippen molar-refractivity contribution in [2.24, 2.45) is 0 Å². The van der Waals surface area contributed by atoms with Crippen molar-refractivity contribution in [2.75, 3.05) is 60.7 Å². The molecule has 1 amide bonds. The molecule has 2 heterocycles. The van der Waals surface area contributed by atoms with Crippen LogP contribution >= 0.6 is 0 Å². The number of ether oxygens (including phenoxy) is 4. The lowest BCUT2D eigenvalue weighted by atomic mass is 9.94. The molecule has 0 saturated carbocycles. The zero-order valence-electron chi connectivity index (χ0n) is 20.2. The molecule has 1 atom stereocenters. The molecule has 2 fully saturated rings. The maximum absolute atomic E-state index is 13.3. The highest BCUT2D eigenvalue weighted by Gasteiger charge is 2.47. The Balaban J connectivity index is 1.81. The van der Waals surface area contributed by atoms with Crippen LogP contribution in [-0.4, -0.2) is 87.3 Å². The highest BCUT2D eigenvalue weighted by Crippen LogP contribution is 2.45. The van der Waals surface area contributed by atoms with Gasteiger partial charge < -0.3 is 29.0 Å². The number of Topliss-reactive ketones (excluding diaryl/α,β-unsaturated/α-hetero) is 1. The van der Waals surface area contributed by atoms with E-state index in [4.69, 9.17) is 18.9 Å². The fourth-order valence-corrected chi connectivity index (χ4v) is 4.54. The average molecular weight is 483 g/mol. The van der Waals surface area contributed by atoms with Gasteiger partial charge in [-0.1, -0.05) is 12.1 Å². The van der Waals surface area contributed by atoms with E-state index in [9.17, 15) is 14.7 Å². The number of rotatable bonds is 8. The van der Waals surface area contributed by atoms with Crippen LogP contribution in [0, 0.1) is 0 Å². The van der Waals surface area contributed by atoms with Gasteiger partial charge in [0.05, 0.1) is 46.2 Å². The van der Waals surface area contributed by atoms with E-state index in [2.05, 4.69) is 4.90 Å². The first-order valence-corrected chi connectivity index (χ1v) is 11.4. The van der Waals surface area contributed by atoms with Crippen LogP contribution in [0.2, 0.25) is 0 Å². The molecule has 0 unspecified atom stereocenters. The lowest BCUT2D eigenvalue weighted by molar-refractivity contribution is -0.140. The Hall–Kier alpha value is -3.56. The van der Waals surface area contributed by atoms with Gasteiger partial charge in [-0.3, -0.25) is 14.5 Å². The van der Waals surface area contributed by atoms with Crippen LogP contribution in [0.5, 0.6) is 17.2 Å². The summed E-state index contributed by atoms with van der Waals surface area (Å²) in [6.45, 7) is 3.63. The third-order valence-electron chi connectivity index (χ3n) is 6.39.